The number of aryl methyl sites for hydroxylation is 3. The zero-order valence-electron chi connectivity index (χ0n) is 24.2. The van der Waals surface area contributed by atoms with Gasteiger partial charge in [0, 0.05) is 13.1 Å². The Morgan fingerprint density at radius 3 is 2.12 bits per heavy atom. The van der Waals surface area contributed by atoms with Gasteiger partial charge in [-0.1, -0.05) is 80.4 Å². The van der Waals surface area contributed by atoms with Crippen molar-refractivity contribution in [1.29, 1.82) is 0 Å². The highest BCUT2D eigenvalue weighted by Gasteiger charge is 2.33. The largest absolute Gasteiger partial charge is 0.354 e. The highest BCUT2D eigenvalue weighted by molar-refractivity contribution is 7.92. The predicted molar refractivity (Wildman–Crippen MR) is 161 cm³/mol. The standard InChI is InChI=1S/C32H41N3O4S/c1-6-8-21-33-32(37)26(5)34(22-28-15-10-9-13-25(28)4)31(36)23-35(30-16-12-11-14-27(30)7-2)40(38,39)29-19-17-24(3)18-20-29/h9-20,26H,6-8,21-23H2,1-5H3,(H,33,37). The van der Waals surface area contributed by atoms with Crippen molar-refractivity contribution in [1.82, 2.24) is 10.2 Å². The molecule has 3 aromatic carbocycles. The van der Waals surface area contributed by atoms with E-state index in [0.29, 0.717) is 18.7 Å². The van der Waals surface area contributed by atoms with E-state index < -0.39 is 28.5 Å². The lowest BCUT2D eigenvalue weighted by Gasteiger charge is -2.33. The average Bonchev–Trinajstić information content (AvgIpc) is 2.95. The number of carbonyl (C=O) groups excluding carboxylic acids is 2. The minimum atomic E-state index is -4.09. The third kappa shape index (κ3) is 7.50. The van der Waals surface area contributed by atoms with Crippen LogP contribution in [0, 0.1) is 13.8 Å². The van der Waals surface area contributed by atoms with Crippen LogP contribution in [0.4, 0.5) is 5.69 Å². The van der Waals surface area contributed by atoms with Gasteiger partial charge in [0.1, 0.15) is 12.6 Å². The van der Waals surface area contributed by atoms with E-state index in [9.17, 15) is 18.0 Å². The molecule has 0 aliphatic heterocycles. The summed E-state index contributed by atoms with van der Waals surface area (Å²) in [4.78, 5) is 28.8. The van der Waals surface area contributed by atoms with E-state index in [-0.39, 0.29) is 17.3 Å². The smallest absolute Gasteiger partial charge is 0.264 e. The summed E-state index contributed by atoms with van der Waals surface area (Å²) >= 11 is 0. The maximum absolute atomic E-state index is 14.1. The maximum atomic E-state index is 14.1. The summed E-state index contributed by atoms with van der Waals surface area (Å²) in [6.07, 6.45) is 2.36. The first kappa shape index (κ1) is 30.9. The molecule has 0 bridgehead atoms. The van der Waals surface area contributed by atoms with Crippen LogP contribution < -0.4 is 9.62 Å². The average molecular weight is 564 g/mol. The minimum Gasteiger partial charge on any atom is -0.354 e. The molecule has 40 heavy (non-hydrogen) atoms. The van der Waals surface area contributed by atoms with Crippen LogP contribution in [0.2, 0.25) is 0 Å². The van der Waals surface area contributed by atoms with Gasteiger partial charge in [-0.25, -0.2) is 8.42 Å². The molecule has 0 saturated carbocycles. The number of unbranched alkanes of at least 4 members (excludes halogenated alkanes) is 1. The summed E-state index contributed by atoms with van der Waals surface area (Å²) in [6, 6.07) is 20.7. The maximum Gasteiger partial charge on any atom is 0.264 e. The summed E-state index contributed by atoms with van der Waals surface area (Å²) in [5.74, 6) is -0.722. The van der Waals surface area contributed by atoms with Crippen molar-refractivity contribution < 1.29 is 18.0 Å². The second kappa shape index (κ2) is 14.1. The lowest BCUT2D eigenvalue weighted by molar-refractivity contribution is -0.139. The molecule has 0 radical (unpaired) electrons. The predicted octanol–water partition coefficient (Wildman–Crippen LogP) is 5.39. The summed E-state index contributed by atoms with van der Waals surface area (Å²) in [5, 5.41) is 2.92. The molecule has 1 atom stereocenters. The number of hydrogen-bond acceptors (Lipinski definition) is 4. The fourth-order valence-corrected chi connectivity index (χ4v) is 5.95. The van der Waals surface area contributed by atoms with Gasteiger partial charge in [0.05, 0.1) is 10.6 Å². The topological polar surface area (TPSA) is 86.8 Å². The van der Waals surface area contributed by atoms with Crippen LogP contribution in [-0.4, -0.2) is 44.3 Å². The molecule has 3 rings (SSSR count). The zero-order valence-corrected chi connectivity index (χ0v) is 25.0. The Bertz CT molecular complexity index is 1400. The first-order valence-corrected chi connectivity index (χ1v) is 15.3. The number of anilines is 1. The van der Waals surface area contributed by atoms with E-state index in [2.05, 4.69) is 5.32 Å². The zero-order chi connectivity index (χ0) is 29.3. The van der Waals surface area contributed by atoms with Crippen molar-refractivity contribution in [2.45, 2.75) is 71.4 Å². The van der Waals surface area contributed by atoms with Crippen LogP contribution in [0.3, 0.4) is 0 Å². The minimum absolute atomic E-state index is 0.104. The SMILES string of the molecule is CCCCNC(=O)C(C)N(Cc1ccccc1C)C(=O)CN(c1ccccc1CC)S(=O)(=O)c1ccc(C)cc1. The van der Waals surface area contributed by atoms with Gasteiger partial charge in [-0.2, -0.15) is 0 Å². The van der Waals surface area contributed by atoms with E-state index in [1.54, 1.807) is 43.3 Å². The van der Waals surface area contributed by atoms with Crippen LogP contribution in [0.25, 0.3) is 0 Å². The van der Waals surface area contributed by atoms with E-state index >= 15 is 0 Å². The molecular weight excluding hydrogens is 522 g/mol. The molecular formula is C32H41N3O4S. The quantitative estimate of drug-likeness (QED) is 0.282. The van der Waals surface area contributed by atoms with Crippen LogP contribution in [0.5, 0.6) is 0 Å². The number of sulfonamides is 1. The molecule has 0 aliphatic carbocycles. The fraction of sp³-hybridized carbons (Fsp3) is 0.375. The molecule has 0 heterocycles. The van der Waals surface area contributed by atoms with E-state index in [0.717, 1.165) is 35.1 Å². The van der Waals surface area contributed by atoms with Gasteiger partial charge in [-0.15, -0.1) is 0 Å². The second-order valence-corrected chi connectivity index (χ2v) is 11.9. The van der Waals surface area contributed by atoms with Crippen LogP contribution in [0.15, 0.2) is 77.7 Å². The van der Waals surface area contributed by atoms with Crippen molar-refractivity contribution in [2.75, 3.05) is 17.4 Å². The molecule has 1 N–H and O–H groups in total. The number of amides is 2. The third-order valence-corrected chi connectivity index (χ3v) is 8.90. The molecule has 8 heteroatoms. The van der Waals surface area contributed by atoms with Crippen molar-refractivity contribution in [2.24, 2.45) is 0 Å². The van der Waals surface area contributed by atoms with Gasteiger partial charge in [0.2, 0.25) is 11.8 Å². The van der Waals surface area contributed by atoms with Crippen LogP contribution in [-0.2, 0) is 32.6 Å². The monoisotopic (exact) mass is 563 g/mol. The third-order valence-electron chi connectivity index (χ3n) is 7.13. The Morgan fingerprint density at radius 1 is 0.875 bits per heavy atom. The van der Waals surface area contributed by atoms with Gasteiger partial charge in [0.15, 0.2) is 0 Å². The van der Waals surface area contributed by atoms with Gasteiger partial charge in [-0.05, 0) is 68.5 Å². The normalized spacial score (nSPS) is 12.0. The number of carbonyl (C=O) groups is 2. The molecule has 0 fully saturated rings. The van der Waals surface area contributed by atoms with Crippen LogP contribution >= 0.6 is 0 Å². The summed E-state index contributed by atoms with van der Waals surface area (Å²) in [5.41, 5.74) is 4.07. The van der Waals surface area contributed by atoms with E-state index in [1.165, 1.54) is 9.21 Å². The van der Waals surface area contributed by atoms with Gasteiger partial charge >= 0.3 is 0 Å². The highest BCUT2D eigenvalue weighted by atomic mass is 32.2. The number of nitrogens with zero attached hydrogens (tertiary/aromatic N) is 2. The van der Waals surface area contributed by atoms with Gasteiger partial charge < -0.3 is 10.2 Å². The number of rotatable bonds is 13. The molecule has 2 amide bonds. The van der Waals surface area contributed by atoms with E-state index in [1.807, 2.05) is 64.1 Å². The first-order valence-electron chi connectivity index (χ1n) is 13.9. The van der Waals surface area contributed by atoms with Crippen molar-refractivity contribution in [3.8, 4) is 0 Å². The lowest BCUT2D eigenvalue weighted by atomic mass is 10.1. The molecule has 0 saturated heterocycles. The Morgan fingerprint density at radius 2 is 1.50 bits per heavy atom. The second-order valence-electron chi connectivity index (χ2n) is 10.1. The Labute approximate surface area is 239 Å². The molecule has 0 aromatic heterocycles. The van der Waals surface area contributed by atoms with E-state index in [4.69, 9.17) is 0 Å². The van der Waals surface area contributed by atoms with Crippen molar-refractivity contribution in [3.63, 3.8) is 0 Å². The number of hydrogen-bond donors (Lipinski definition) is 1. The fourth-order valence-electron chi connectivity index (χ4n) is 4.49. The van der Waals surface area contributed by atoms with Gasteiger partial charge in [0.25, 0.3) is 10.0 Å². The summed E-state index contributed by atoms with van der Waals surface area (Å²) in [7, 11) is -4.09. The summed E-state index contributed by atoms with van der Waals surface area (Å²) in [6.45, 7) is 9.79. The molecule has 3 aromatic rings. The number of para-hydroxylation sites is 1. The molecule has 7 nitrogen and oxygen atoms in total. The molecule has 1 unspecified atom stereocenters. The Balaban J connectivity index is 2.05. The highest BCUT2D eigenvalue weighted by Crippen LogP contribution is 2.28. The Kier molecular flexibility index (Phi) is 10.9. The van der Waals surface area contributed by atoms with Crippen molar-refractivity contribution >= 4 is 27.5 Å². The summed E-state index contributed by atoms with van der Waals surface area (Å²) < 4.78 is 29.3. The lowest BCUT2D eigenvalue weighted by Crippen LogP contribution is -2.51. The van der Waals surface area contributed by atoms with Crippen molar-refractivity contribution in [3.05, 3.63) is 95.1 Å². The molecule has 0 aliphatic rings. The Hall–Kier alpha value is -3.65. The first-order chi connectivity index (χ1) is 19.1. The van der Waals surface area contributed by atoms with Crippen LogP contribution in [0.1, 0.15) is 55.9 Å². The molecule has 0 spiro atoms. The number of benzene rings is 3. The number of nitrogens with one attached hydrogen (secondary N) is 1. The van der Waals surface area contributed by atoms with Gasteiger partial charge in [-0.3, -0.25) is 13.9 Å². The molecule has 214 valence electrons.